The van der Waals surface area contributed by atoms with Gasteiger partial charge >= 0.3 is 12.0 Å². The van der Waals surface area contributed by atoms with Gasteiger partial charge in [0.2, 0.25) is 0 Å². The number of hydrogen-bond donors (Lipinski definition) is 5. The number of amides is 2. The molecule has 5 N–H and O–H groups in total. The highest BCUT2D eigenvalue weighted by Gasteiger charge is 2.39. The van der Waals surface area contributed by atoms with Crippen LogP contribution in [0.1, 0.15) is 60.2 Å². The summed E-state index contributed by atoms with van der Waals surface area (Å²) in [6.07, 6.45) is -1.98. The first-order chi connectivity index (χ1) is 24.6. The van der Waals surface area contributed by atoms with Crippen molar-refractivity contribution in [3.8, 4) is 16.9 Å². The number of ether oxygens (including phenoxy) is 3. The van der Waals surface area contributed by atoms with E-state index in [0.29, 0.717) is 18.7 Å². The molecule has 0 aromatic heterocycles. The Morgan fingerprint density at radius 2 is 1.61 bits per heavy atom. The summed E-state index contributed by atoms with van der Waals surface area (Å²) in [4.78, 5) is 25.7. The van der Waals surface area contributed by atoms with Crippen molar-refractivity contribution in [1.82, 2.24) is 15.5 Å². The Morgan fingerprint density at radius 1 is 0.882 bits per heavy atom. The Labute approximate surface area is 298 Å². The van der Waals surface area contributed by atoms with E-state index in [0.717, 1.165) is 33.4 Å². The predicted octanol–water partition coefficient (Wildman–Crippen LogP) is 5.37. The van der Waals surface area contributed by atoms with Crippen molar-refractivity contribution in [2.24, 2.45) is 5.92 Å². The van der Waals surface area contributed by atoms with Crippen LogP contribution < -0.4 is 10.6 Å². The van der Waals surface area contributed by atoms with Crippen LogP contribution in [0.15, 0.2) is 97.1 Å². The SMILES string of the molecule is CCOC(=O)CNC(=O)NCc1cccc(-c2ccc(C3OC(CN(C)CC(O)c4cccc(O)c4)C(C)C(c4ccc(CO)cc4)O3)cc2)c1. The monoisotopic (exact) mass is 697 g/mol. The number of hydrogen-bond acceptors (Lipinski definition) is 9. The third-order valence-electron chi connectivity index (χ3n) is 8.95. The molecule has 4 aromatic carbocycles. The van der Waals surface area contributed by atoms with Gasteiger partial charge in [-0.3, -0.25) is 4.79 Å². The average molecular weight is 698 g/mol. The molecule has 0 radical (unpaired) electrons. The van der Waals surface area contributed by atoms with Crippen LogP contribution in [-0.4, -0.2) is 71.6 Å². The van der Waals surface area contributed by atoms with Gasteiger partial charge in [0, 0.05) is 31.1 Å². The molecule has 0 aliphatic carbocycles. The van der Waals surface area contributed by atoms with Gasteiger partial charge in [0.05, 0.1) is 31.5 Å². The third kappa shape index (κ3) is 10.4. The molecular formula is C40H47N3O8. The number of likely N-dealkylation sites (N-methyl/N-ethyl adjacent to an activating group) is 1. The Balaban J connectivity index is 1.28. The van der Waals surface area contributed by atoms with E-state index in [1.165, 1.54) is 0 Å². The van der Waals surface area contributed by atoms with E-state index in [4.69, 9.17) is 14.2 Å². The molecule has 5 unspecified atom stereocenters. The van der Waals surface area contributed by atoms with Gasteiger partial charge < -0.3 is 45.1 Å². The van der Waals surface area contributed by atoms with Gasteiger partial charge in [-0.25, -0.2) is 4.79 Å². The van der Waals surface area contributed by atoms with Crippen LogP contribution in [0.5, 0.6) is 5.75 Å². The Hall–Kier alpha value is -4.78. The number of aliphatic hydroxyl groups excluding tert-OH is 2. The van der Waals surface area contributed by atoms with Crippen LogP contribution in [-0.2, 0) is 32.2 Å². The molecule has 1 fully saturated rings. The summed E-state index contributed by atoms with van der Waals surface area (Å²) in [6.45, 7) is 4.98. The van der Waals surface area contributed by atoms with Crippen molar-refractivity contribution >= 4 is 12.0 Å². The fraction of sp³-hybridized carbons (Fsp3) is 0.350. The maximum absolute atomic E-state index is 12.1. The highest BCUT2D eigenvalue weighted by molar-refractivity contribution is 5.80. The number of rotatable bonds is 14. The lowest BCUT2D eigenvalue weighted by atomic mass is 9.90. The highest BCUT2D eigenvalue weighted by Crippen LogP contribution is 2.42. The van der Waals surface area contributed by atoms with Gasteiger partial charge in [0.1, 0.15) is 12.3 Å². The molecule has 1 saturated heterocycles. The number of nitrogens with zero attached hydrogens (tertiary/aromatic N) is 1. The number of carbonyl (C=O) groups excluding carboxylic acids is 2. The summed E-state index contributed by atoms with van der Waals surface area (Å²) >= 11 is 0. The molecule has 0 bridgehead atoms. The molecular weight excluding hydrogens is 650 g/mol. The van der Waals surface area contributed by atoms with Crippen LogP contribution in [0.25, 0.3) is 11.1 Å². The highest BCUT2D eigenvalue weighted by atomic mass is 16.7. The average Bonchev–Trinajstić information content (AvgIpc) is 3.14. The summed E-state index contributed by atoms with van der Waals surface area (Å²) in [5.74, 6) is -0.421. The van der Waals surface area contributed by atoms with E-state index in [9.17, 15) is 24.9 Å². The quantitative estimate of drug-likeness (QED) is 0.110. The maximum Gasteiger partial charge on any atom is 0.325 e. The summed E-state index contributed by atoms with van der Waals surface area (Å²) in [6, 6.07) is 29.8. The standard InChI is InChI=1S/C40H47N3O8/c1-4-49-37(47)22-42-40(48)41-21-28-7-5-8-32(19-28)29-15-17-31(18-16-29)39-50-36(24-43(3)23-35(46)33-9-6-10-34(45)20-33)26(2)38(51-39)30-13-11-27(25-44)12-14-30/h5-20,26,35-36,38-39,44-46H,4,21-25H2,1-3H3,(H2,41,42,48). The molecule has 2 amide bonds. The second-order valence-electron chi connectivity index (χ2n) is 12.8. The zero-order chi connectivity index (χ0) is 36.3. The van der Waals surface area contributed by atoms with Crippen LogP contribution in [0, 0.1) is 5.92 Å². The molecule has 0 spiro atoms. The fourth-order valence-electron chi connectivity index (χ4n) is 6.15. The van der Waals surface area contributed by atoms with Crippen molar-refractivity contribution in [3.05, 3.63) is 125 Å². The Kier molecular flexibility index (Phi) is 13.2. The normalized spacial score (nSPS) is 19.3. The minimum Gasteiger partial charge on any atom is -0.508 e. The fourth-order valence-corrected chi connectivity index (χ4v) is 6.15. The molecule has 5 rings (SSSR count). The molecule has 270 valence electrons. The molecule has 4 aromatic rings. The number of phenols is 1. The van der Waals surface area contributed by atoms with Crippen molar-refractivity contribution in [2.75, 3.05) is 33.3 Å². The molecule has 1 heterocycles. The second kappa shape index (κ2) is 17.9. The van der Waals surface area contributed by atoms with Gasteiger partial charge in [-0.1, -0.05) is 85.8 Å². The summed E-state index contributed by atoms with van der Waals surface area (Å²) in [5.41, 5.74) is 6.14. The van der Waals surface area contributed by atoms with Gasteiger partial charge in [-0.2, -0.15) is 0 Å². The van der Waals surface area contributed by atoms with Gasteiger partial charge in [-0.15, -0.1) is 0 Å². The van der Waals surface area contributed by atoms with Crippen LogP contribution in [0.4, 0.5) is 4.79 Å². The predicted molar refractivity (Wildman–Crippen MR) is 192 cm³/mol. The molecule has 1 aliphatic rings. The van der Waals surface area contributed by atoms with Gasteiger partial charge in [0.15, 0.2) is 6.29 Å². The molecule has 5 atom stereocenters. The first-order valence-electron chi connectivity index (χ1n) is 17.2. The minimum absolute atomic E-state index is 0.0375. The smallest absolute Gasteiger partial charge is 0.325 e. The Bertz CT molecular complexity index is 1730. The first-order valence-corrected chi connectivity index (χ1v) is 17.2. The van der Waals surface area contributed by atoms with E-state index in [-0.39, 0.29) is 50.2 Å². The maximum atomic E-state index is 12.1. The summed E-state index contributed by atoms with van der Waals surface area (Å²) in [7, 11) is 1.94. The number of aromatic hydroxyl groups is 1. The molecule has 51 heavy (non-hydrogen) atoms. The van der Waals surface area contributed by atoms with Crippen LogP contribution in [0.2, 0.25) is 0 Å². The minimum atomic E-state index is -0.787. The number of aliphatic hydroxyl groups is 2. The number of esters is 1. The zero-order valence-electron chi connectivity index (χ0n) is 29.2. The lowest BCUT2D eigenvalue weighted by Gasteiger charge is -2.42. The summed E-state index contributed by atoms with van der Waals surface area (Å²) in [5, 5.41) is 35.6. The number of benzene rings is 4. The van der Waals surface area contributed by atoms with Crippen molar-refractivity contribution < 1.29 is 39.1 Å². The number of carbonyl (C=O) groups is 2. The molecule has 11 heteroatoms. The lowest BCUT2D eigenvalue weighted by Crippen LogP contribution is -2.44. The zero-order valence-corrected chi connectivity index (χ0v) is 29.2. The van der Waals surface area contributed by atoms with E-state index in [2.05, 4.69) is 17.6 Å². The van der Waals surface area contributed by atoms with Gasteiger partial charge in [0.25, 0.3) is 0 Å². The lowest BCUT2D eigenvalue weighted by molar-refractivity contribution is -0.276. The van der Waals surface area contributed by atoms with Crippen molar-refractivity contribution in [1.29, 1.82) is 0 Å². The van der Waals surface area contributed by atoms with Crippen LogP contribution >= 0.6 is 0 Å². The second-order valence-corrected chi connectivity index (χ2v) is 12.8. The van der Waals surface area contributed by atoms with E-state index >= 15 is 0 Å². The van der Waals surface area contributed by atoms with Crippen LogP contribution in [0.3, 0.4) is 0 Å². The Morgan fingerprint density at radius 3 is 2.31 bits per heavy atom. The van der Waals surface area contributed by atoms with Gasteiger partial charge in [-0.05, 0) is 65.6 Å². The first kappa shape index (κ1) is 37.5. The van der Waals surface area contributed by atoms with Crippen molar-refractivity contribution in [2.45, 2.75) is 51.6 Å². The topological polar surface area (TPSA) is 150 Å². The summed E-state index contributed by atoms with van der Waals surface area (Å²) < 4.78 is 18.1. The van der Waals surface area contributed by atoms with E-state index in [1.54, 1.807) is 31.2 Å². The molecule has 0 saturated carbocycles. The van der Waals surface area contributed by atoms with Crippen molar-refractivity contribution in [3.63, 3.8) is 0 Å². The third-order valence-corrected chi connectivity index (χ3v) is 8.95. The van der Waals surface area contributed by atoms with E-state index in [1.807, 2.05) is 84.7 Å². The molecule has 11 nitrogen and oxygen atoms in total. The van der Waals surface area contributed by atoms with E-state index < -0.39 is 24.4 Å². The number of nitrogens with one attached hydrogen (secondary N) is 2. The largest absolute Gasteiger partial charge is 0.508 e. The molecule has 1 aliphatic heterocycles. The number of phenolic OH excluding ortho intramolecular Hbond substituents is 1. The number of urea groups is 1.